The average Bonchev–Trinajstić information content (AvgIpc) is 2.42. The van der Waals surface area contributed by atoms with Gasteiger partial charge in [-0.15, -0.1) is 0 Å². The van der Waals surface area contributed by atoms with E-state index in [0.29, 0.717) is 13.0 Å². The molecule has 1 aromatic rings. The molecule has 70 valence electrons. The summed E-state index contributed by atoms with van der Waals surface area (Å²) in [5.74, 6) is 0.0908. The number of imidazole rings is 1. The molecule has 4 nitrogen and oxygen atoms in total. The molecule has 1 N–H and O–H groups in total. The van der Waals surface area contributed by atoms with E-state index in [1.54, 1.807) is 0 Å². The molecule has 1 aliphatic heterocycles. The Balaban J connectivity index is 2.24. The van der Waals surface area contributed by atoms with Gasteiger partial charge in [-0.2, -0.15) is 0 Å². The quantitative estimate of drug-likeness (QED) is 0.696. The summed E-state index contributed by atoms with van der Waals surface area (Å²) in [6.45, 7) is 2.51. The van der Waals surface area contributed by atoms with Gasteiger partial charge in [0.15, 0.2) is 0 Å². The molecule has 1 atom stereocenters. The van der Waals surface area contributed by atoms with Crippen LogP contribution >= 0.6 is 0 Å². The van der Waals surface area contributed by atoms with Gasteiger partial charge in [0.1, 0.15) is 5.82 Å². The Morgan fingerprint density at radius 3 is 3.23 bits per heavy atom. The molecule has 0 fully saturated rings. The smallest absolute Gasteiger partial charge is 0.308 e. The van der Waals surface area contributed by atoms with Gasteiger partial charge in [-0.3, -0.25) is 4.79 Å². The zero-order chi connectivity index (χ0) is 9.42. The van der Waals surface area contributed by atoms with Crippen LogP contribution in [0.4, 0.5) is 0 Å². The molecule has 1 aromatic heterocycles. The number of carboxylic acid groups (broad SMARTS) is 1. The highest BCUT2D eigenvalue weighted by atomic mass is 16.4. The lowest BCUT2D eigenvalue weighted by molar-refractivity contribution is -0.142. The minimum absolute atomic E-state index is 0.235. The lowest BCUT2D eigenvalue weighted by atomic mass is 10.00. The number of nitrogens with zero attached hydrogens (tertiary/aromatic N) is 2. The van der Waals surface area contributed by atoms with Gasteiger partial charge in [-0.05, 0) is 13.3 Å². The summed E-state index contributed by atoms with van der Waals surface area (Å²) in [7, 11) is 0. The molecule has 0 spiro atoms. The van der Waals surface area contributed by atoms with Gasteiger partial charge >= 0.3 is 5.97 Å². The normalized spacial score (nSPS) is 21.2. The molecule has 2 rings (SSSR count). The highest BCUT2D eigenvalue weighted by molar-refractivity contribution is 5.70. The molecule has 0 aliphatic carbocycles. The van der Waals surface area contributed by atoms with Crippen molar-refractivity contribution in [1.82, 2.24) is 9.55 Å². The standard InChI is InChI=1S/C9H12N2O2/c1-6-4-11-5-7(9(12)13)2-3-8(11)10-6/h4,7H,2-3,5H2,1H3,(H,12,13). The van der Waals surface area contributed by atoms with Crippen molar-refractivity contribution in [2.45, 2.75) is 26.3 Å². The summed E-state index contributed by atoms with van der Waals surface area (Å²) in [5.41, 5.74) is 0.973. The molecule has 0 saturated heterocycles. The molecule has 1 aliphatic rings. The largest absolute Gasteiger partial charge is 0.481 e. The second-order valence-corrected chi connectivity index (χ2v) is 3.52. The summed E-state index contributed by atoms with van der Waals surface area (Å²) < 4.78 is 1.96. The maximum Gasteiger partial charge on any atom is 0.308 e. The number of hydrogen-bond donors (Lipinski definition) is 1. The van der Waals surface area contributed by atoms with Crippen LogP contribution in [-0.4, -0.2) is 20.6 Å². The fourth-order valence-corrected chi connectivity index (χ4v) is 1.79. The van der Waals surface area contributed by atoms with Crippen LogP contribution in [-0.2, 0) is 17.8 Å². The van der Waals surface area contributed by atoms with Crippen molar-refractivity contribution in [1.29, 1.82) is 0 Å². The number of aromatic nitrogens is 2. The molecule has 1 unspecified atom stereocenters. The third kappa shape index (κ3) is 1.43. The van der Waals surface area contributed by atoms with Gasteiger partial charge in [0.2, 0.25) is 0 Å². The Kier molecular flexibility index (Phi) is 1.83. The Morgan fingerprint density at radius 2 is 2.54 bits per heavy atom. The van der Waals surface area contributed by atoms with Crippen molar-refractivity contribution in [2.24, 2.45) is 5.92 Å². The number of rotatable bonds is 1. The van der Waals surface area contributed by atoms with Crippen LogP contribution in [0.2, 0.25) is 0 Å². The first-order valence-electron chi connectivity index (χ1n) is 4.42. The highest BCUT2D eigenvalue weighted by Crippen LogP contribution is 2.19. The van der Waals surface area contributed by atoms with Crippen LogP contribution in [0.1, 0.15) is 17.9 Å². The van der Waals surface area contributed by atoms with E-state index in [1.807, 2.05) is 17.7 Å². The number of hydrogen-bond acceptors (Lipinski definition) is 2. The summed E-state index contributed by atoms with van der Waals surface area (Å²) in [6, 6.07) is 0. The van der Waals surface area contributed by atoms with E-state index in [0.717, 1.165) is 17.9 Å². The summed E-state index contributed by atoms with van der Waals surface area (Å²) in [6.07, 6.45) is 3.42. The van der Waals surface area contributed by atoms with Crippen LogP contribution in [0.5, 0.6) is 0 Å². The van der Waals surface area contributed by atoms with Gasteiger partial charge in [0.25, 0.3) is 0 Å². The Labute approximate surface area is 76.2 Å². The molecular formula is C9H12N2O2. The highest BCUT2D eigenvalue weighted by Gasteiger charge is 2.24. The third-order valence-corrected chi connectivity index (χ3v) is 2.46. The van der Waals surface area contributed by atoms with Crippen molar-refractivity contribution in [3.63, 3.8) is 0 Å². The van der Waals surface area contributed by atoms with Gasteiger partial charge in [0.05, 0.1) is 11.6 Å². The maximum atomic E-state index is 10.7. The first-order chi connectivity index (χ1) is 6.16. The van der Waals surface area contributed by atoms with E-state index in [2.05, 4.69) is 4.98 Å². The van der Waals surface area contributed by atoms with Gasteiger partial charge < -0.3 is 9.67 Å². The molecule has 13 heavy (non-hydrogen) atoms. The molecule has 0 saturated carbocycles. The fourth-order valence-electron chi connectivity index (χ4n) is 1.79. The van der Waals surface area contributed by atoms with Crippen LogP contribution in [0, 0.1) is 12.8 Å². The minimum atomic E-state index is -0.697. The van der Waals surface area contributed by atoms with Crippen molar-refractivity contribution >= 4 is 5.97 Å². The van der Waals surface area contributed by atoms with E-state index < -0.39 is 5.97 Å². The summed E-state index contributed by atoms with van der Waals surface area (Å²) in [5, 5.41) is 8.84. The van der Waals surface area contributed by atoms with Gasteiger partial charge in [0, 0.05) is 19.2 Å². The second kappa shape index (κ2) is 2.87. The van der Waals surface area contributed by atoms with Crippen molar-refractivity contribution < 1.29 is 9.90 Å². The van der Waals surface area contributed by atoms with E-state index >= 15 is 0 Å². The first kappa shape index (κ1) is 8.29. The molecule has 4 heteroatoms. The van der Waals surface area contributed by atoms with E-state index in [4.69, 9.17) is 5.11 Å². The number of carbonyl (C=O) groups is 1. The SMILES string of the molecule is Cc1cn2c(n1)CCC(C(=O)O)C2. The Bertz CT molecular complexity index is 343. The lowest BCUT2D eigenvalue weighted by Crippen LogP contribution is -2.26. The molecule has 0 radical (unpaired) electrons. The predicted octanol–water partition coefficient (Wildman–Crippen LogP) is 0.839. The Morgan fingerprint density at radius 1 is 1.77 bits per heavy atom. The zero-order valence-corrected chi connectivity index (χ0v) is 7.53. The number of aliphatic carboxylic acids is 1. The summed E-state index contributed by atoms with van der Waals surface area (Å²) >= 11 is 0. The molecule has 0 aromatic carbocycles. The molecule has 0 amide bonds. The topological polar surface area (TPSA) is 55.1 Å². The predicted molar refractivity (Wildman–Crippen MR) is 46.4 cm³/mol. The van der Waals surface area contributed by atoms with Crippen molar-refractivity contribution in [3.8, 4) is 0 Å². The monoisotopic (exact) mass is 180 g/mol. The lowest BCUT2D eigenvalue weighted by Gasteiger charge is -2.19. The summed E-state index contributed by atoms with van der Waals surface area (Å²) in [4.78, 5) is 15.1. The minimum Gasteiger partial charge on any atom is -0.481 e. The molecular weight excluding hydrogens is 168 g/mol. The zero-order valence-electron chi connectivity index (χ0n) is 7.53. The van der Waals surface area contributed by atoms with Crippen LogP contribution in [0.25, 0.3) is 0 Å². The van der Waals surface area contributed by atoms with Crippen LogP contribution < -0.4 is 0 Å². The first-order valence-corrected chi connectivity index (χ1v) is 4.42. The number of fused-ring (bicyclic) bond motifs is 1. The second-order valence-electron chi connectivity index (χ2n) is 3.52. The molecule has 0 bridgehead atoms. The fraction of sp³-hybridized carbons (Fsp3) is 0.556. The van der Waals surface area contributed by atoms with Gasteiger partial charge in [-0.1, -0.05) is 0 Å². The van der Waals surface area contributed by atoms with Crippen LogP contribution in [0.3, 0.4) is 0 Å². The van der Waals surface area contributed by atoms with E-state index in [-0.39, 0.29) is 5.92 Å². The molecule has 2 heterocycles. The van der Waals surface area contributed by atoms with E-state index in [1.165, 1.54) is 0 Å². The van der Waals surface area contributed by atoms with E-state index in [9.17, 15) is 4.79 Å². The van der Waals surface area contributed by atoms with Crippen molar-refractivity contribution in [3.05, 3.63) is 17.7 Å². The van der Waals surface area contributed by atoms with Gasteiger partial charge in [-0.25, -0.2) is 4.98 Å². The average molecular weight is 180 g/mol. The van der Waals surface area contributed by atoms with Crippen LogP contribution in [0.15, 0.2) is 6.20 Å². The third-order valence-electron chi connectivity index (χ3n) is 2.46. The maximum absolute atomic E-state index is 10.7. The number of carboxylic acids is 1. The number of aryl methyl sites for hydroxylation is 2. The van der Waals surface area contributed by atoms with Crippen molar-refractivity contribution in [2.75, 3.05) is 0 Å². The Hall–Kier alpha value is -1.32.